The van der Waals surface area contributed by atoms with Crippen LogP contribution in [-0.4, -0.2) is 92.5 Å². The Bertz CT molecular complexity index is 1230. The van der Waals surface area contributed by atoms with Crippen molar-refractivity contribution in [3.63, 3.8) is 0 Å². The fourth-order valence-corrected chi connectivity index (χ4v) is 5.93. The molecule has 1 spiro atoms. The number of carbonyl (C=O) groups is 3. The number of piperidine rings is 1. The number of benzene rings is 2. The van der Waals surface area contributed by atoms with Crippen LogP contribution in [-0.2, 0) is 14.3 Å². The molecule has 0 aliphatic carbocycles. The van der Waals surface area contributed by atoms with Crippen molar-refractivity contribution in [1.29, 1.82) is 0 Å². The van der Waals surface area contributed by atoms with E-state index < -0.39 is 11.8 Å². The average molecular weight is 552 g/mol. The molecule has 3 fully saturated rings. The molecule has 0 aromatic heterocycles. The molecule has 2 atom stereocenters. The van der Waals surface area contributed by atoms with Gasteiger partial charge in [0, 0.05) is 44.6 Å². The van der Waals surface area contributed by atoms with E-state index in [1.807, 2.05) is 25.1 Å². The van der Waals surface area contributed by atoms with Crippen molar-refractivity contribution < 1.29 is 33.3 Å². The predicted molar refractivity (Wildman–Crippen MR) is 146 cm³/mol. The highest BCUT2D eigenvalue weighted by molar-refractivity contribution is 6.01. The first-order chi connectivity index (χ1) is 19.4. The lowest BCUT2D eigenvalue weighted by Crippen LogP contribution is -2.60. The van der Waals surface area contributed by atoms with Crippen LogP contribution in [0.3, 0.4) is 0 Å². The summed E-state index contributed by atoms with van der Waals surface area (Å²) in [5.74, 6) is 0.137. The van der Waals surface area contributed by atoms with Crippen molar-refractivity contribution in [3.8, 4) is 11.5 Å². The quantitative estimate of drug-likeness (QED) is 0.564. The van der Waals surface area contributed by atoms with Gasteiger partial charge >= 0.3 is 0 Å². The molecule has 1 N–H and O–H groups in total. The number of nitrogens with zero attached hydrogens (tertiary/aromatic N) is 2. The standard InChI is InChI=1S/C30H37N3O7/c1-20-8-4-5-10-22(20)28(35)33-23(27(34)31-18-21-9-7-17-39-21)19-40-30(33)13-15-32(16-14-30)29(36)26-24(37-2)11-6-12-25(26)38-3/h4-6,8,10-12,21,23H,7,9,13-19H2,1-3H3,(H,31,34)/t21-,23-/m0/s1. The fourth-order valence-electron chi connectivity index (χ4n) is 5.93. The molecule has 40 heavy (non-hydrogen) atoms. The molecule has 10 heteroatoms. The van der Waals surface area contributed by atoms with Crippen molar-refractivity contribution >= 4 is 17.7 Å². The average Bonchev–Trinajstić information content (AvgIpc) is 3.64. The molecule has 3 saturated heterocycles. The summed E-state index contributed by atoms with van der Waals surface area (Å²) < 4.78 is 22.9. The molecule has 5 rings (SSSR count). The summed E-state index contributed by atoms with van der Waals surface area (Å²) in [5.41, 5.74) is 0.702. The minimum atomic E-state index is -1.01. The number of likely N-dealkylation sites (tertiary alicyclic amines) is 1. The second-order valence-corrected chi connectivity index (χ2v) is 10.5. The van der Waals surface area contributed by atoms with Gasteiger partial charge in [-0.3, -0.25) is 19.3 Å². The van der Waals surface area contributed by atoms with Gasteiger partial charge in [-0.25, -0.2) is 0 Å². The molecule has 0 unspecified atom stereocenters. The van der Waals surface area contributed by atoms with Gasteiger partial charge in [-0.15, -0.1) is 0 Å². The maximum Gasteiger partial charge on any atom is 0.261 e. The smallest absolute Gasteiger partial charge is 0.261 e. The molecule has 3 amide bonds. The lowest BCUT2D eigenvalue weighted by molar-refractivity contribution is -0.128. The fraction of sp³-hybridized carbons (Fsp3) is 0.500. The van der Waals surface area contributed by atoms with Gasteiger partial charge in [0.1, 0.15) is 28.8 Å². The van der Waals surface area contributed by atoms with Crippen molar-refractivity contribution in [2.45, 2.75) is 50.5 Å². The molecule has 3 aliphatic heterocycles. The second-order valence-electron chi connectivity index (χ2n) is 10.5. The zero-order valence-corrected chi connectivity index (χ0v) is 23.3. The molecule has 0 bridgehead atoms. The Kier molecular flexibility index (Phi) is 8.27. The largest absolute Gasteiger partial charge is 0.496 e. The zero-order valence-electron chi connectivity index (χ0n) is 23.3. The van der Waals surface area contributed by atoms with Crippen LogP contribution < -0.4 is 14.8 Å². The van der Waals surface area contributed by atoms with E-state index in [0.29, 0.717) is 61.7 Å². The van der Waals surface area contributed by atoms with Crippen molar-refractivity contribution in [2.75, 3.05) is 47.1 Å². The Morgan fingerprint density at radius 2 is 1.70 bits per heavy atom. The molecular formula is C30H37N3O7. The van der Waals surface area contributed by atoms with Gasteiger partial charge in [-0.2, -0.15) is 0 Å². The number of hydrogen-bond donors (Lipinski definition) is 1. The Balaban J connectivity index is 1.38. The predicted octanol–water partition coefficient (Wildman–Crippen LogP) is 2.78. The van der Waals surface area contributed by atoms with Crippen molar-refractivity contribution in [3.05, 3.63) is 59.2 Å². The zero-order chi connectivity index (χ0) is 28.3. The van der Waals surface area contributed by atoms with Crippen LogP contribution in [0.5, 0.6) is 11.5 Å². The van der Waals surface area contributed by atoms with E-state index in [2.05, 4.69) is 5.32 Å². The van der Waals surface area contributed by atoms with Crippen LogP contribution in [0.4, 0.5) is 0 Å². The highest BCUT2D eigenvalue weighted by Crippen LogP contribution is 2.40. The van der Waals surface area contributed by atoms with E-state index in [4.69, 9.17) is 18.9 Å². The number of hydrogen-bond acceptors (Lipinski definition) is 7. The summed E-state index contributed by atoms with van der Waals surface area (Å²) in [6.07, 6.45) is 2.59. The molecule has 0 radical (unpaired) electrons. The lowest BCUT2D eigenvalue weighted by Gasteiger charge is -2.44. The Morgan fingerprint density at radius 3 is 2.33 bits per heavy atom. The molecule has 2 aromatic carbocycles. The molecular weight excluding hydrogens is 514 g/mol. The summed E-state index contributed by atoms with van der Waals surface area (Å²) in [7, 11) is 3.03. The number of nitrogens with one attached hydrogen (secondary N) is 1. The SMILES string of the molecule is COc1cccc(OC)c1C(=O)N1CCC2(CC1)OC[C@@H](C(=O)NC[C@@H]1CCCO1)N2C(=O)c1ccccc1C. The van der Waals surface area contributed by atoms with E-state index in [0.717, 1.165) is 18.4 Å². The highest BCUT2D eigenvalue weighted by Gasteiger charge is 2.54. The van der Waals surface area contributed by atoms with Gasteiger partial charge in [0.2, 0.25) is 5.91 Å². The molecule has 3 heterocycles. The van der Waals surface area contributed by atoms with Gasteiger partial charge in [0.05, 0.1) is 26.9 Å². The minimum absolute atomic E-state index is 0.0121. The molecule has 214 valence electrons. The minimum Gasteiger partial charge on any atom is -0.496 e. The summed E-state index contributed by atoms with van der Waals surface area (Å²) in [4.78, 5) is 44.4. The number of carbonyl (C=O) groups excluding carboxylic acids is 3. The normalized spacial score (nSPS) is 21.9. The van der Waals surface area contributed by atoms with Crippen LogP contribution in [0.25, 0.3) is 0 Å². The van der Waals surface area contributed by atoms with Crippen LogP contribution in [0, 0.1) is 6.92 Å². The van der Waals surface area contributed by atoms with E-state index in [1.54, 1.807) is 34.1 Å². The molecule has 10 nitrogen and oxygen atoms in total. The van der Waals surface area contributed by atoms with Crippen LogP contribution >= 0.6 is 0 Å². The van der Waals surface area contributed by atoms with E-state index in [1.165, 1.54) is 14.2 Å². The van der Waals surface area contributed by atoms with Gasteiger partial charge in [-0.1, -0.05) is 24.3 Å². The number of ether oxygens (including phenoxy) is 4. The van der Waals surface area contributed by atoms with E-state index >= 15 is 0 Å². The Morgan fingerprint density at radius 1 is 1.00 bits per heavy atom. The summed E-state index contributed by atoms with van der Waals surface area (Å²) in [6, 6.07) is 11.8. The first-order valence-corrected chi connectivity index (χ1v) is 13.8. The number of aryl methyl sites for hydroxylation is 1. The topological polar surface area (TPSA) is 107 Å². The van der Waals surface area contributed by atoms with E-state index in [-0.39, 0.29) is 30.4 Å². The summed E-state index contributed by atoms with van der Waals surface area (Å²) in [5, 5.41) is 2.98. The van der Waals surface area contributed by atoms with Crippen molar-refractivity contribution in [1.82, 2.24) is 15.1 Å². The Hall–Kier alpha value is -3.63. The molecule has 2 aromatic rings. The van der Waals surface area contributed by atoms with Crippen LogP contribution in [0.15, 0.2) is 42.5 Å². The monoisotopic (exact) mass is 551 g/mol. The third-order valence-corrected chi connectivity index (χ3v) is 8.16. The van der Waals surface area contributed by atoms with Gasteiger partial charge < -0.3 is 29.2 Å². The maximum absolute atomic E-state index is 14.0. The van der Waals surface area contributed by atoms with Crippen LogP contribution in [0.1, 0.15) is 52.0 Å². The number of methoxy groups -OCH3 is 2. The van der Waals surface area contributed by atoms with Gasteiger partial charge in [0.25, 0.3) is 11.8 Å². The first-order valence-electron chi connectivity index (χ1n) is 13.8. The third kappa shape index (κ3) is 5.25. The first kappa shape index (κ1) is 27.9. The molecule has 0 saturated carbocycles. The summed E-state index contributed by atoms with van der Waals surface area (Å²) in [6.45, 7) is 3.74. The number of rotatable bonds is 7. The summed E-state index contributed by atoms with van der Waals surface area (Å²) >= 11 is 0. The molecule has 3 aliphatic rings. The highest BCUT2D eigenvalue weighted by atomic mass is 16.5. The maximum atomic E-state index is 14.0. The van der Waals surface area contributed by atoms with Gasteiger partial charge in [0.15, 0.2) is 0 Å². The van der Waals surface area contributed by atoms with Crippen molar-refractivity contribution in [2.24, 2.45) is 0 Å². The van der Waals surface area contributed by atoms with Crippen LogP contribution in [0.2, 0.25) is 0 Å². The van der Waals surface area contributed by atoms with E-state index in [9.17, 15) is 14.4 Å². The Labute approximate surface area is 234 Å². The number of amides is 3. The third-order valence-electron chi connectivity index (χ3n) is 8.16. The lowest BCUT2D eigenvalue weighted by atomic mass is 9.95. The van der Waals surface area contributed by atoms with Gasteiger partial charge in [-0.05, 0) is 43.5 Å². The second kappa shape index (κ2) is 11.9.